The number of rotatable bonds is 6. The summed E-state index contributed by atoms with van der Waals surface area (Å²) in [5.74, 6) is 0. The Morgan fingerprint density at radius 2 is 2.10 bits per heavy atom. The lowest BCUT2D eigenvalue weighted by molar-refractivity contribution is 0.538. The molecule has 2 rings (SSSR count). The van der Waals surface area contributed by atoms with Gasteiger partial charge in [0.25, 0.3) is 0 Å². The van der Waals surface area contributed by atoms with Gasteiger partial charge in [0.2, 0.25) is 0 Å². The molecular formula is C15H24ClN5. The Morgan fingerprint density at radius 1 is 1.38 bits per heavy atom. The van der Waals surface area contributed by atoms with E-state index in [1.165, 1.54) is 11.3 Å². The summed E-state index contributed by atoms with van der Waals surface area (Å²) in [5.41, 5.74) is 4.45. The Labute approximate surface area is 131 Å². The van der Waals surface area contributed by atoms with Crippen LogP contribution in [-0.4, -0.2) is 26.6 Å². The van der Waals surface area contributed by atoms with Crippen molar-refractivity contribution >= 4 is 11.6 Å². The Morgan fingerprint density at radius 3 is 2.57 bits per heavy atom. The molecule has 0 radical (unpaired) electrons. The van der Waals surface area contributed by atoms with E-state index < -0.39 is 0 Å². The first kappa shape index (κ1) is 16.0. The number of hydrogen-bond acceptors (Lipinski definition) is 3. The first-order valence-corrected chi connectivity index (χ1v) is 7.81. The Hall–Kier alpha value is -1.33. The van der Waals surface area contributed by atoms with Crippen LogP contribution in [0.2, 0.25) is 5.02 Å². The van der Waals surface area contributed by atoms with Crippen LogP contribution in [-0.2, 0) is 26.4 Å². The van der Waals surface area contributed by atoms with Gasteiger partial charge in [-0.15, -0.1) is 0 Å². The zero-order valence-corrected chi connectivity index (χ0v) is 14.2. The normalized spacial score (nSPS) is 12.9. The molecule has 0 aliphatic heterocycles. The molecule has 1 N–H and O–H groups in total. The summed E-state index contributed by atoms with van der Waals surface area (Å²) in [5, 5.41) is 13.1. The highest BCUT2D eigenvalue weighted by molar-refractivity contribution is 6.31. The van der Waals surface area contributed by atoms with Crippen LogP contribution in [0.15, 0.2) is 6.20 Å². The molecule has 6 heteroatoms. The van der Waals surface area contributed by atoms with Gasteiger partial charge in [-0.25, -0.2) is 0 Å². The van der Waals surface area contributed by atoms with E-state index in [2.05, 4.69) is 36.3 Å². The van der Waals surface area contributed by atoms with E-state index >= 15 is 0 Å². The van der Waals surface area contributed by atoms with Crippen molar-refractivity contribution in [3.63, 3.8) is 0 Å². The number of nitrogens with one attached hydrogen (secondary N) is 1. The van der Waals surface area contributed by atoms with Crippen molar-refractivity contribution in [2.24, 2.45) is 7.05 Å². The molecule has 116 valence electrons. The lowest BCUT2D eigenvalue weighted by atomic mass is 10.0. The van der Waals surface area contributed by atoms with Crippen molar-refractivity contribution in [2.75, 3.05) is 7.05 Å². The molecule has 1 unspecified atom stereocenters. The number of halogens is 1. The first-order valence-electron chi connectivity index (χ1n) is 7.43. The van der Waals surface area contributed by atoms with Gasteiger partial charge in [-0.05, 0) is 27.3 Å². The molecule has 0 aliphatic rings. The molecule has 2 aromatic heterocycles. The van der Waals surface area contributed by atoms with Crippen LogP contribution in [0.4, 0.5) is 0 Å². The Kier molecular flexibility index (Phi) is 5.06. The number of hydrogen-bond donors (Lipinski definition) is 1. The van der Waals surface area contributed by atoms with Crippen molar-refractivity contribution in [1.29, 1.82) is 0 Å². The maximum atomic E-state index is 6.51. The van der Waals surface area contributed by atoms with Gasteiger partial charge in [-0.3, -0.25) is 9.36 Å². The molecule has 0 bridgehead atoms. The minimum absolute atomic E-state index is 0.183. The fourth-order valence-corrected chi connectivity index (χ4v) is 2.98. The van der Waals surface area contributed by atoms with Gasteiger partial charge >= 0.3 is 0 Å². The van der Waals surface area contributed by atoms with Gasteiger partial charge in [-0.1, -0.05) is 18.5 Å². The zero-order valence-electron chi connectivity index (χ0n) is 13.4. The van der Waals surface area contributed by atoms with E-state index in [4.69, 9.17) is 11.6 Å². The van der Waals surface area contributed by atoms with Crippen LogP contribution < -0.4 is 5.32 Å². The van der Waals surface area contributed by atoms with Crippen molar-refractivity contribution in [3.05, 3.63) is 33.9 Å². The summed E-state index contributed by atoms with van der Waals surface area (Å²) in [6.07, 6.45) is 3.59. The van der Waals surface area contributed by atoms with Gasteiger partial charge in [-0.2, -0.15) is 10.2 Å². The molecule has 0 aromatic carbocycles. The summed E-state index contributed by atoms with van der Waals surface area (Å²) < 4.78 is 3.91. The van der Waals surface area contributed by atoms with Crippen molar-refractivity contribution < 1.29 is 0 Å². The summed E-state index contributed by atoms with van der Waals surface area (Å²) >= 11 is 6.51. The lowest BCUT2D eigenvalue weighted by Crippen LogP contribution is -2.21. The number of nitrogens with zero attached hydrogens (tertiary/aromatic N) is 4. The standard InChI is InChI=1S/C15H24ClN5/c1-6-12-15(16)14(21(7-2)19-12)8-13(17-4)11-9-18-20(5)10(11)3/h9,13,17H,6-8H2,1-5H3. The van der Waals surface area contributed by atoms with Gasteiger partial charge in [0.15, 0.2) is 0 Å². The number of likely N-dealkylation sites (N-methyl/N-ethyl adjacent to an activating group) is 1. The Bertz CT molecular complexity index is 614. The minimum atomic E-state index is 0.183. The average Bonchev–Trinajstić information content (AvgIpc) is 2.98. The average molecular weight is 310 g/mol. The SMILES string of the molecule is CCc1nn(CC)c(CC(NC)c2cnn(C)c2C)c1Cl. The fourth-order valence-electron chi connectivity index (χ4n) is 2.63. The van der Waals surface area contributed by atoms with E-state index in [-0.39, 0.29) is 6.04 Å². The van der Waals surface area contributed by atoms with Gasteiger partial charge in [0.1, 0.15) is 0 Å². The molecule has 0 aliphatic carbocycles. The minimum Gasteiger partial charge on any atom is -0.313 e. The van der Waals surface area contributed by atoms with Crippen LogP contribution in [0.1, 0.15) is 42.5 Å². The largest absolute Gasteiger partial charge is 0.313 e. The summed E-state index contributed by atoms with van der Waals surface area (Å²) in [6.45, 7) is 7.09. The zero-order chi connectivity index (χ0) is 15.6. The van der Waals surface area contributed by atoms with E-state index in [0.29, 0.717) is 0 Å². The van der Waals surface area contributed by atoms with Crippen LogP contribution in [0, 0.1) is 6.92 Å². The van der Waals surface area contributed by atoms with Crippen LogP contribution >= 0.6 is 11.6 Å². The molecule has 5 nitrogen and oxygen atoms in total. The van der Waals surface area contributed by atoms with Gasteiger partial charge in [0.05, 0.1) is 22.6 Å². The third-order valence-electron chi connectivity index (χ3n) is 4.09. The first-order chi connectivity index (χ1) is 10.0. The highest BCUT2D eigenvalue weighted by Crippen LogP contribution is 2.27. The summed E-state index contributed by atoms with van der Waals surface area (Å²) in [6, 6.07) is 0.183. The smallest absolute Gasteiger partial charge is 0.0850 e. The maximum absolute atomic E-state index is 6.51. The molecular weight excluding hydrogens is 286 g/mol. The fraction of sp³-hybridized carbons (Fsp3) is 0.600. The second kappa shape index (κ2) is 6.62. The predicted molar refractivity (Wildman–Crippen MR) is 85.7 cm³/mol. The third kappa shape index (κ3) is 2.99. The molecule has 0 fully saturated rings. The number of aryl methyl sites for hydroxylation is 3. The van der Waals surface area contributed by atoms with Crippen molar-refractivity contribution in [1.82, 2.24) is 24.9 Å². The lowest BCUT2D eigenvalue weighted by Gasteiger charge is -2.17. The van der Waals surface area contributed by atoms with E-state index in [9.17, 15) is 0 Å². The maximum Gasteiger partial charge on any atom is 0.0850 e. The molecule has 0 saturated heterocycles. The van der Waals surface area contributed by atoms with Crippen molar-refractivity contribution in [3.8, 4) is 0 Å². The highest BCUT2D eigenvalue weighted by atomic mass is 35.5. The van der Waals surface area contributed by atoms with Crippen LogP contribution in [0.3, 0.4) is 0 Å². The monoisotopic (exact) mass is 309 g/mol. The summed E-state index contributed by atoms with van der Waals surface area (Å²) in [4.78, 5) is 0. The van der Waals surface area contributed by atoms with E-state index in [0.717, 1.165) is 35.8 Å². The topological polar surface area (TPSA) is 47.7 Å². The second-order valence-corrected chi connectivity index (χ2v) is 5.61. The highest BCUT2D eigenvalue weighted by Gasteiger charge is 2.21. The number of aromatic nitrogens is 4. The quantitative estimate of drug-likeness (QED) is 0.892. The molecule has 2 aromatic rings. The van der Waals surface area contributed by atoms with Crippen LogP contribution in [0.5, 0.6) is 0 Å². The van der Waals surface area contributed by atoms with E-state index in [1.807, 2.05) is 29.7 Å². The molecule has 2 heterocycles. The molecule has 0 saturated carbocycles. The Balaban J connectivity index is 2.35. The van der Waals surface area contributed by atoms with Crippen molar-refractivity contribution in [2.45, 2.75) is 46.2 Å². The second-order valence-electron chi connectivity index (χ2n) is 5.23. The van der Waals surface area contributed by atoms with Crippen LogP contribution in [0.25, 0.3) is 0 Å². The molecule has 1 atom stereocenters. The van der Waals surface area contributed by atoms with Gasteiger partial charge < -0.3 is 5.32 Å². The third-order valence-corrected chi connectivity index (χ3v) is 4.52. The predicted octanol–water partition coefficient (Wildman–Crippen LogP) is 2.66. The summed E-state index contributed by atoms with van der Waals surface area (Å²) in [7, 11) is 3.93. The molecule has 21 heavy (non-hydrogen) atoms. The molecule has 0 amide bonds. The molecule has 0 spiro atoms. The van der Waals surface area contributed by atoms with Gasteiger partial charge in [0, 0.05) is 37.3 Å². The van der Waals surface area contributed by atoms with E-state index in [1.54, 1.807) is 0 Å².